The van der Waals surface area contributed by atoms with Gasteiger partial charge in [-0.15, -0.1) is 0 Å². The third-order valence-corrected chi connectivity index (χ3v) is 4.85. The second-order valence-corrected chi connectivity index (χ2v) is 9.28. The molecule has 26 heavy (non-hydrogen) atoms. The average Bonchev–Trinajstić information content (AvgIpc) is 2.60. The van der Waals surface area contributed by atoms with Gasteiger partial charge in [0.1, 0.15) is 0 Å². The lowest BCUT2D eigenvalue weighted by atomic mass is 9.91. The molecule has 0 spiro atoms. The van der Waals surface area contributed by atoms with Crippen molar-refractivity contribution in [1.82, 2.24) is 10.6 Å². The molecule has 2 N–H and O–H groups in total. The van der Waals surface area contributed by atoms with Gasteiger partial charge >= 0.3 is 0 Å². The van der Waals surface area contributed by atoms with E-state index in [-0.39, 0.29) is 16.9 Å². The van der Waals surface area contributed by atoms with Crippen LogP contribution in [0.25, 0.3) is 0 Å². The Bertz CT molecular complexity index is 567. The van der Waals surface area contributed by atoms with Gasteiger partial charge in [0.25, 0.3) is 5.91 Å². The van der Waals surface area contributed by atoms with Gasteiger partial charge in [0.2, 0.25) is 0 Å². The normalized spacial score (nSPS) is 18.6. The highest BCUT2D eigenvalue weighted by molar-refractivity contribution is 5.94. The molecule has 1 aromatic carbocycles. The lowest BCUT2D eigenvalue weighted by molar-refractivity contribution is -0.0544. The lowest BCUT2D eigenvalue weighted by Crippen LogP contribution is -2.35. The van der Waals surface area contributed by atoms with Gasteiger partial charge in [-0.25, -0.2) is 0 Å². The molecule has 1 saturated heterocycles. The highest BCUT2D eigenvalue weighted by atomic mass is 16.5. The Morgan fingerprint density at radius 1 is 1.19 bits per heavy atom. The largest absolute Gasteiger partial charge is 0.375 e. The molecule has 1 atom stereocenters. The Kier molecular flexibility index (Phi) is 7.24. The van der Waals surface area contributed by atoms with Crippen molar-refractivity contribution in [2.75, 3.05) is 26.2 Å². The zero-order valence-corrected chi connectivity index (χ0v) is 17.2. The Balaban J connectivity index is 1.78. The molecule has 4 nitrogen and oxygen atoms in total. The van der Waals surface area contributed by atoms with Crippen molar-refractivity contribution in [3.05, 3.63) is 35.4 Å². The number of hydrogen-bond donors (Lipinski definition) is 2. The van der Waals surface area contributed by atoms with E-state index in [9.17, 15) is 4.79 Å². The van der Waals surface area contributed by atoms with Crippen LogP contribution in [-0.4, -0.2) is 37.7 Å². The maximum Gasteiger partial charge on any atom is 0.251 e. The summed E-state index contributed by atoms with van der Waals surface area (Å²) in [6.07, 6.45) is 3.24. The van der Waals surface area contributed by atoms with Crippen molar-refractivity contribution < 1.29 is 9.53 Å². The predicted molar refractivity (Wildman–Crippen MR) is 108 cm³/mol. The number of ether oxygens (including phenoxy) is 1. The first-order valence-electron chi connectivity index (χ1n) is 9.89. The van der Waals surface area contributed by atoms with Crippen molar-refractivity contribution in [3.63, 3.8) is 0 Å². The average molecular weight is 361 g/mol. The highest BCUT2D eigenvalue weighted by Crippen LogP contribution is 2.23. The van der Waals surface area contributed by atoms with Crippen LogP contribution in [-0.2, 0) is 4.74 Å². The standard InChI is InChI=1S/C22H36N2O2/c1-21(2,3)16-26-22(4,5)12-14-24-20(25)18-10-8-17(9-11-18)19-7-6-13-23-15-19/h8-11,19,23H,6-7,12-16H2,1-5H3,(H,24,25). The maximum absolute atomic E-state index is 12.4. The fraction of sp³-hybridized carbons (Fsp3) is 0.682. The van der Waals surface area contributed by atoms with Crippen molar-refractivity contribution in [2.45, 2.75) is 65.4 Å². The first kappa shape index (κ1) is 20.9. The number of benzene rings is 1. The molecule has 0 aromatic heterocycles. The minimum atomic E-state index is -0.238. The predicted octanol–water partition coefficient (Wildman–Crippen LogP) is 4.11. The second kappa shape index (κ2) is 9.01. The van der Waals surface area contributed by atoms with Crippen LogP contribution in [0.1, 0.15) is 75.7 Å². The lowest BCUT2D eigenvalue weighted by Gasteiger charge is -2.30. The number of hydrogen-bond acceptors (Lipinski definition) is 3. The number of carbonyl (C=O) groups is 1. The number of carbonyl (C=O) groups excluding carboxylic acids is 1. The molecule has 1 amide bonds. The number of amides is 1. The van der Waals surface area contributed by atoms with Crippen LogP contribution in [0.3, 0.4) is 0 Å². The van der Waals surface area contributed by atoms with Crippen molar-refractivity contribution in [3.8, 4) is 0 Å². The summed E-state index contributed by atoms with van der Waals surface area (Å²) in [7, 11) is 0. The van der Waals surface area contributed by atoms with Crippen LogP contribution in [0.2, 0.25) is 0 Å². The molecule has 1 fully saturated rings. The second-order valence-electron chi connectivity index (χ2n) is 9.28. The minimum absolute atomic E-state index is 0.00931. The smallest absolute Gasteiger partial charge is 0.251 e. The third-order valence-electron chi connectivity index (χ3n) is 4.85. The van der Waals surface area contributed by atoms with E-state index in [0.29, 0.717) is 19.1 Å². The molecular weight excluding hydrogens is 324 g/mol. The Morgan fingerprint density at radius 3 is 2.46 bits per heavy atom. The third kappa shape index (κ3) is 7.08. The summed E-state index contributed by atoms with van der Waals surface area (Å²) in [6, 6.07) is 8.09. The van der Waals surface area contributed by atoms with E-state index < -0.39 is 0 Å². The molecule has 1 heterocycles. The van der Waals surface area contributed by atoms with E-state index in [4.69, 9.17) is 4.74 Å². The van der Waals surface area contributed by atoms with Crippen LogP contribution in [0.15, 0.2) is 24.3 Å². The summed E-state index contributed by atoms with van der Waals surface area (Å²) in [5.41, 5.74) is 1.96. The van der Waals surface area contributed by atoms with Crippen LogP contribution in [0.5, 0.6) is 0 Å². The SMILES string of the molecule is CC(C)(C)COC(C)(C)CCNC(=O)c1ccc(C2CCCNC2)cc1. The summed E-state index contributed by atoms with van der Waals surface area (Å²) >= 11 is 0. The van der Waals surface area contributed by atoms with Gasteiger partial charge in [0, 0.05) is 18.7 Å². The summed E-state index contributed by atoms with van der Waals surface area (Å²) in [5.74, 6) is 0.562. The molecule has 2 rings (SSSR count). The van der Waals surface area contributed by atoms with Gasteiger partial charge in [-0.05, 0) is 68.7 Å². The zero-order chi connectivity index (χ0) is 19.2. The molecule has 0 aliphatic carbocycles. The monoisotopic (exact) mass is 360 g/mol. The van der Waals surface area contributed by atoms with Crippen molar-refractivity contribution in [1.29, 1.82) is 0 Å². The summed E-state index contributed by atoms with van der Waals surface area (Å²) in [4.78, 5) is 12.4. The fourth-order valence-electron chi connectivity index (χ4n) is 3.11. The van der Waals surface area contributed by atoms with E-state index in [0.717, 1.165) is 25.1 Å². The quantitative estimate of drug-likeness (QED) is 0.769. The summed E-state index contributed by atoms with van der Waals surface area (Å²) in [5, 5.41) is 6.46. The molecular formula is C22H36N2O2. The van der Waals surface area contributed by atoms with Gasteiger partial charge in [-0.2, -0.15) is 0 Å². The van der Waals surface area contributed by atoms with Gasteiger partial charge in [-0.3, -0.25) is 4.79 Å². The topological polar surface area (TPSA) is 50.4 Å². The van der Waals surface area contributed by atoms with Gasteiger partial charge in [0.05, 0.1) is 12.2 Å². The number of piperidine rings is 1. The molecule has 1 aromatic rings. The van der Waals surface area contributed by atoms with Crippen LogP contribution < -0.4 is 10.6 Å². The Hall–Kier alpha value is -1.39. The van der Waals surface area contributed by atoms with E-state index in [1.54, 1.807) is 0 Å². The Morgan fingerprint density at radius 2 is 1.88 bits per heavy atom. The number of rotatable bonds is 7. The number of nitrogens with one attached hydrogen (secondary N) is 2. The molecule has 4 heteroatoms. The summed E-state index contributed by atoms with van der Waals surface area (Å²) < 4.78 is 6.01. The van der Waals surface area contributed by atoms with Crippen LogP contribution in [0, 0.1) is 5.41 Å². The van der Waals surface area contributed by atoms with E-state index in [1.807, 2.05) is 12.1 Å². The molecule has 1 aliphatic rings. The van der Waals surface area contributed by atoms with Gasteiger partial charge < -0.3 is 15.4 Å². The molecule has 1 aliphatic heterocycles. The molecule has 1 unspecified atom stereocenters. The molecule has 0 saturated carbocycles. The van der Waals surface area contributed by atoms with Crippen molar-refractivity contribution >= 4 is 5.91 Å². The first-order valence-corrected chi connectivity index (χ1v) is 9.89. The fourth-order valence-corrected chi connectivity index (χ4v) is 3.11. The van der Waals surface area contributed by atoms with E-state index in [2.05, 4.69) is 57.4 Å². The van der Waals surface area contributed by atoms with Gasteiger partial charge in [-0.1, -0.05) is 32.9 Å². The van der Waals surface area contributed by atoms with E-state index >= 15 is 0 Å². The Labute approximate surface area is 159 Å². The van der Waals surface area contributed by atoms with Crippen LogP contribution in [0.4, 0.5) is 0 Å². The molecule has 0 bridgehead atoms. The van der Waals surface area contributed by atoms with Crippen molar-refractivity contribution in [2.24, 2.45) is 5.41 Å². The van der Waals surface area contributed by atoms with Crippen LogP contribution >= 0.6 is 0 Å². The van der Waals surface area contributed by atoms with Gasteiger partial charge in [0.15, 0.2) is 0 Å². The maximum atomic E-state index is 12.4. The molecule has 146 valence electrons. The molecule has 0 radical (unpaired) electrons. The van der Waals surface area contributed by atoms with E-state index in [1.165, 1.54) is 18.4 Å². The first-order chi connectivity index (χ1) is 12.2. The highest BCUT2D eigenvalue weighted by Gasteiger charge is 2.22. The minimum Gasteiger partial charge on any atom is -0.375 e. The zero-order valence-electron chi connectivity index (χ0n) is 17.2. The summed E-state index contributed by atoms with van der Waals surface area (Å²) in [6.45, 7) is 14.1.